The van der Waals surface area contributed by atoms with E-state index in [-0.39, 0.29) is 18.1 Å². The molecule has 4 rings (SSSR count). The van der Waals surface area contributed by atoms with Crippen LogP contribution in [-0.4, -0.2) is 29.6 Å². The quantitative estimate of drug-likeness (QED) is 0.508. The van der Waals surface area contributed by atoms with Gasteiger partial charge in [0.05, 0.1) is 32.0 Å². The highest BCUT2D eigenvalue weighted by Crippen LogP contribution is 2.21. The molecule has 31 heavy (non-hydrogen) atoms. The molecule has 0 aliphatic carbocycles. The minimum atomic E-state index is -0.239. The molecule has 0 spiro atoms. The molecule has 3 aromatic carbocycles. The van der Waals surface area contributed by atoms with Crippen LogP contribution in [0.2, 0.25) is 0 Å². The third-order valence-electron chi connectivity index (χ3n) is 5.37. The first kappa shape index (κ1) is 21.0. The molecule has 158 valence electrons. The Labute approximate surface area is 183 Å². The second-order valence-corrected chi connectivity index (χ2v) is 7.64. The Kier molecular flexibility index (Phi) is 7.27. The van der Waals surface area contributed by atoms with Gasteiger partial charge in [0.1, 0.15) is 0 Å². The molecular formula is C27H27NO3. The van der Waals surface area contributed by atoms with E-state index in [0.29, 0.717) is 26.4 Å². The van der Waals surface area contributed by atoms with Gasteiger partial charge in [-0.1, -0.05) is 91.0 Å². The van der Waals surface area contributed by atoms with E-state index in [1.165, 1.54) is 0 Å². The molecule has 0 N–H and O–H groups in total. The highest BCUT2D eigenvalue weighted by atomic mass is 16.5. The third kappa shape index (κ3) is 5.91. The summed E-state index contributed by atoms with van der Waals surface area (Å²) in [6, 6.07) is 30.0. The summed E-state index contributed by atoms with van der Waals surface area (Å²) < 4.78 is 12.3. The molecule has 2 unspecified atom stereocenters. The molecule has 0 saturated heterocycles. The number of amides is 1. The van der Waals surface area contributed by atoms with Gasteiger partial charge in [0.2, 0.25) is 5.91 Å². The van der Waals surface area contributed by atoms with Crippen molar-refractivity contribution >= 4 is 5.91 Å². The molecule has 1 aliphatic rings. The smallest absolute Gasteiger partial charge is 0.247 e. The van der Waals surface area contributed by atoms with Gasteiger partial charge in [-0.3, -0.25) is 4.79 Å². The van der Waals surface area contributed by atoms with Crippen molar-refractivity contribution in [1.82, 2.24) is 4.90 Å². The fourth-order valence-electron chi connectivity index (χ4n) is 3.71. The minimum Gasteiger partial charge on any atom is -0.375 e. The van der Waals surface area contributed by atoms with E-state index < -0.39 is 0 Å². The maximum absolute atomic E-state index is 12.8. The van der Waals surface area contributed by atoms with Crippen molar-refractivity contribution in [3.8, 4) is 0 Å². The van der Waals surface area contributed by atoms with Gasteiger partial charge in [-0.05, 0) is 22.8 Å². The summed E-state index contributed by atoms with van der Waals surface area (Å²) in [7, 11) is 0. The van der Waals surface area contributed by atoms with Crippen molar-refractivity contribution in [2.75, 3.05) is 6.61 Å². The predicted octanol–water partition coefficient (Wildman–Crippen LogP) is 4.76. The second kappa shape index (κ2) is 10.7. The number of ether oxygens (including phenoxy) is 2. The topological polar surface area (TPSA) is 38.8 Å². The van der Waals surface area contributed by atoms with E-state index in [0.717, 1.165) is 16.7 Å². The highest BCUT2D eigenvalue weighted by Gasteiger charge is 2.33. The van der Waals surface area contributed by atoms with E-state index in [1.54, 1.807) is 6.08 Å². The molecule has 0 fully saturated rings. The zero-order chi connectivity index (χ0) is 21.3. The monoisotopic (exact) mass is 413 g/mol. The number of carbonyl (C=O) groups excluding carboxylic acids is 1. The van der Waals surface area contributed by atoms with Crippen LogP contribution in [0.5, 0.6) is 0 Å². The number of hydrogen-bond donors (Lipinski definition) is 0. The Morgan fingerprint density at radius 3 is 1.87 bits per heavy atom. The number of carbonyl (C=O) groups is 1. The van der Waals surface area contributed by atoms with E-state index in [2.05, 4.69) is 0 Å². The van der Waals surface area contributed by atoms with Crippen LogP contribution < -0.4 is 0 Å². The van der Waals surface area contributed by atoms with E-state index in [9.17, 15) is 4.79 Å². The fourth-order valence-corrected chi connectivity index (χ4v) is 3.71. The molecule has 0 aromatic heterocycles. The zero-order valence-corrected chi connectivity index (χ0v) is 17.5. The summed E-state index contributed by atoms with van der Waals surface area (Å²) in [6.07, 6.45) is 3.24. The van der Waals surface area contributed by atoms with E-state index >= 15 is 0 Å². The molecule has 0 saturated carbocycles. The summed E-state index contributed by atoms with van der Waals surface area (Å²) >= 11 is 0. The average Bonchev–Trinajstić information content (AvgIpc) is 2.82. The van der Waals surface area contributed by atoms with Crippen LogP contribution in [0.25, 0.3) is 0 Å². The van der Waals surface area contributed by atoms with Crippen LogP contribution in [0.3, 0.4) is 0 Å². The maximum atomic E-state index is 12.8. The first-order valence-electron chi connectivity index (χ1n) is 10.6. The standard InChI is InChI=1S/C27H27NO3/c29-27-17-16-26(31-20-24-14-8-3-9-15-24)25(21-30-19-23-12-6-2-7-13-23)28(27)18-22-10-4-1-5-11-22/h1-17,25-26H,18-21H2. The second-order valence-electron chi connectivity index (χ2n) is 7.64. The van der Waals surface area contributed by atoms with Crippen molar-refractivity contribution in [3.05, 3.63) is 120 Å². The molecule has 4 heteroatoms. The van der Waals surface area contributed by atoms with E-state index in [4.69, 9.17) is 9.47 Å². The van der Waals surface area contributed by atoms with Crippen LogP contribution in [-0.2, 0) is 34.0 Å². The van der Waals surface area contributed by atoms with E-state index in [1.807, 2.05) is 102 Å². The minimum absolute atomic E-state index is 0.0169. The Morgan fingerprint density at radius 1 is 0.710 bits per heavy atom. The lowest BCUT2D eigenvalue weighted by atomic mass is 10.0. The van der Waals surface area contributed by atoms with Crippen molar-refractivity contribution in [2.24, 2.45) is 0 Å². The van der Waals surface area contributed by atoms with Gasteiger partial charge < -0.3 is 14.4 Å². The molecule has 1 aliphatic heterocycles. The Balaban J connectivity index is 1.48. The lowest BCUT2D eigenvalue weighted by molar-refractivity contribution is -0.137. The number of rotatable bonds is 9. The van der Waals surface area contributed by atoms with Gasteiger partial charge in [0.25, 0.3) is 0 Å². The Hall–Kier alpha value is -3.21. The largest absolute Gasteiger partial charge is 0.375 e. The van der Waals surface area contributed by atoms with Gasteiger partial charge in [0.15, 0.2) is 0 Å². The maximum Gasteiger partial charge on any atom is 0.247 e. The van der Waals surface area contributed by atoms with Crippen molar-refractivity contribution in [2.45, 2.75) is 31.9 Å². The molecular weight excluding hydrogens is 386 g/mol. The van der Waals surface area contributed by atoms with Crippen LogP contribution >= 0.6 is 0 Å². The summed E-state index contributed by atoms with van der Waals surface area (Å²) in [5, 5.41) is 0. The molecule has 0 radical (unpaired) electrons. The normalized spacial score (nSPS) is 18.3. The highest BCUT2D eigenvalue weighted by molar-refractivity contribution is 5.89. The molecule has 0 bridgehead atoms. The number of nitrogens with zero attached hydrogens (tertiary/aromatic N) is 1. The van der Waals surface area contributed by atoms with Crippen molar-refractivity contribution in [1.29, 1.82) is 0 Å². The van der Waals surface area contributed by atoms with Crippen LogP contribution in [0, 0.1) is 0 Å². The summed E-state index contributed by atoms with van der Waals surface area (Å²) in [4.78, 5) is 14.6. The summed E-state index contributed by atoms with van der Waals surface area (Å²) in [5.41, 5.74) is 3.30. The summed E-state index contributed by atoms with van der Waals surface area (Å²) in [6.45, 7) is 1.91. The zero-order valence-electron chi connectivity index (χ0n) is 17.5. The molecule has 4 nitrogen and oxygen atoms in total. The molecule has 2 atom stereocenters. The van der Waals surface area contributed by atoms with Gasteiger partial charge >= 0.3 is 0 Å². The first-order chi connectivity index (χ1) is 15.3. The molecule has 3 aromatic rings. The Morgan fingerprint density at radius 2 is 1.26 bits per heavy atom. The van der Waals surface area contributed by atoms with Gasteiger partial charge in [-0.25, -0.2) is 0 Å². The lowest BCUT2D eigenvalue weighted by Gasteiger charge is -2.38. The van der Waals surface area contributed by atoms with Gasteiger partial charge in [0, 0.05) is 12.6 Å². The summed E-state index contributed by atoms with van der Waals surface area (Å²) in [5.74, 6) is -0.0169. The van der Waals surface area contributed by atoms with Crippen LogP contribution in [0.1, 0.15) is 16.7 Å². The Bertz CT molecular complexity index is 973. The SMILES string of the molecule is O=C1C=CC(OCc2ccccc2)C(COCc2ccccc2)N1Cc1ccccc1. The van der Waals surface area contributed by atoms with Gasteiger partial charge in [-0.15, -0.1) is 0 Å². The number of benzene rings is 3. The first-order valence-corrected chi connectivity index (χ1v) is 10.6. The van der Waals surface area contributed by atoms with Crippen LogP contribution in [0.15, 0.2) is 103 Å². The molecule has 1 amide bonds. The fraction of sp³-hybridized carbons (Fsp3) is 0.222. The van der Waals surface area contributed by atoms with Crippen molar-refractivity contribution in [3.63, 3.8) is 0 Å². The lowest BCUT2D eigenvalue weighted by Crippen LogP contribution is -2.51. The average molecular weight is 414 g/mol. The van der Waals surface area contributed by atoms with Crippen molar-refractivity contribution < 1.29 is 14.3 Å². The number of hydrogen-bond acceptors (Lipinski definition) is 3. The third-order valence-corrected chi connectivity index (χ3v) is 5.37. The predicted molar refractivity (Wildman–Crippen MR) is 121 cm³/mol. The van der Waals surface area contributed by atoms with Gasteiger partial charge in [-0.2, -0.15) is 0 Å². The molecule has 1 heterocycles. The van der Waals surface area contributed by atoms with Crippen LogP contribution in [0.4, 0.5) is 0 Å².